The lowest BCUT2D eigenvalue weighted by atomic mass is 9.94. The zero-order valence-corrected chi connectivity index (χ0v) is 18.9. The zero-order valence-electron chi connectivity index (χ0n) is 17.3. The lowest BCUT2D eigenvalue weighted by Gasteiger charge is -2.30. The van der Waals surface area contributed by atoms with Gasteiger partial charge in [0, 0.05) is 30.0 Å². The molecule has 2 aromatic heterocycles. The molecular weight excluding hydrogens is 376 g/mol. The van der Waals surface area contributed by atoms with Crippen molar-refractivity contribution in [1.82, 2.24) is 9.97 Å². The van der Waals surface area contributed by atoms with E-state index in [1.807, 2.05) is 0 Å². The predicted molar refractivity (Wildman–Crippen MR) is 116 cm³/mol. The van der Waals surface area contributed by atoms with E-state index in [1.165, 1.54) is 33.6 Å². The molecule has 3 rings (SSSR count). The van der Waals surface area contributed by atoms with Gasteiger partial charge in [0.2, 0.25) is 0 Å². The number of hydrogen-bond acceptors (Lipinski definition) is 6. The number of thiophene rings is 1. The molecule has 0 saturated carbocycles. The van der Waals surface area contributed by atoms with Gasteiger partial charge in [-0.05, 0) is 25.8 Å². The average Bonchev–Trinajstić information content (AvgIpc) is 2.95. The molecule has 0 aromatic carbocycles. The third-order valence-electron chi connectivity index (χ3n) is 4.79. The standard InChI is InChI=1S/C20H32N4OS2/c1-6-7-11-26-19-22-17(21-9-8-10-24(4)5)16-14-12-20(2,3)25-13-15(14)27-18(16)23-19/h6-13H2,1-5H3,(H,21,22,23)/p+1. The van der Waals surface area contributed by atoms with E-state index in [4.69, 9.17) is 14.7 Å². The Bertz CT molecular complexity index is 773. The summed E-state index contributed by atoms with van der Waals surface area (Å²) >= 11 is 3.55. The third kappa shape index (κ3) is 5.34. The number of ether oxygens (including phenoxy) is 1. The van der Waals surface area contributed by atoms with Gasteiger partial charge in [-0.15, -0.1) is 11.3 Å². The highest BCUT2D eigenvalue weighted by Crippen LogP contribution is 2.41. The molecule has 0 radical (unpaired) electrons. The van der Waals surface area contributed by atoms with Gasteiger partial charge in [-0.2, -0.15) is 0 Å². The number of unbranched alkanes of at least 4 members (excludes halogenated alkanes) is 1. The Balaban J connectivity index is 1.90. The molecule has 2 N–H and O–H groups in total. The van der Waals surface area contributed by atoms with Crippen LogP contribution in [0.1, 0.15) is 50.5 Å². The van der Waals surface area contributed by atoms with Gasteiger partial charge in [-0.25, -0.2) is 9.97 Å². The summed E-state index contributed by atoms with van der Waals surface area (Å²) in [5, 5.41) is 5.75. The molecule has 3 heterocycles. The second-order valence-corrected chi connectivity index (χ2v) is 10.3. The first-order valence-electron chi connectivity index (χ1n) is 10.0. The maximum atomic E-state index is 6.03. The van der Waals surface area contributed by atoms with Crippen LogP contribution in [0.4, 0.5) is 5.82 Å². The molecule has 7 heteroatoms. The van der Waals surface area contributed by atoms with Gasteiger partial charge in [0.1, 0.15) is 10.6 Å². The van der Waals surface area contributed by atoms with Gasteiger partial charge in [-0.3, -0.25) is 0 Å². The van der Waals surface area contributed by atoms with Crippen LogP contribution in [0.2, 0.25) is 0 Å². The van der Waals surface area contributed by atoms with E-state index in [9.17, 15) is 0 Å². The van der Waals surface area contributed by atoms with Crippen molar-refractivity contribution in [3.05, 3.63) is 10.4 Å². The summed E-state index contributed by atoms with van der Waals surface area (Å²) in [6.45, 7) is 9.35. The summed E-state index contributed by atoms with van der Waals surface area (Å²) in [4.78, 5) is 13.7. The minimum absolute atomic E-state index is 0.124. The Labute approximate surface area is 171 Å². The monoisotopic (exact) mass is 409 g/mol. The summed E-state index contributed by atoms with van der Waals surface area (Å²) in [6.07, 6.45) is 4.45. The van der Waals surface area contributed by atoms with Crippen LogP contribution in [-0.4, -0.2) is 48.5 Å². The Morgan fingerprint density at radius 3 is 2.81 bits per heavy atom. The number of aromatic nitrogens is 2. The molecule has 0 unspecified atom stereocenters. The molecule has 1 aliphatic rings. The highest BCUT2D eigenvalue weighted by molar-refractivity contribution is 7.99. The van der Waals surface area contributed by atoms with Gasteiger partial charge >= 0.3 is 0 Å². The summed E-state index contributed by atoms with van der Waals surface area (Å²) in [6, 6.07) is 0. The van der Waals surface area contributed by atoms with Crippen molar-refractivity contribution in [1.29, 1.82) is 0 Å². The number of quaternary nitrogens is 1. The van der Waals surface area contributed by atoms with E-state index in [0.29, 0.717) is 6.61 Å². The van der Waals surface area contributed by atoms with Gasteiger partial charge < -0.3 is 15.0 Å². The molecule has 1 aliphatic heterocycles. The van der Waals surface area contributed by atoms with E-state index in [1.54, 1.807) is 23.1 Å². The SMILES string of the molecule is CCCCSc1nc(NCCC[NH+](C)C)c2c3c(sc2n1)COC(C)(C)C3. The number of nitrogens with one attached hydrogen (secondary N) is 2. The van der Waals surface area contributed by atoms with Crippen molar-refractivity contribution in [2.45, 2.75) is 63.8 Å². The van der Waals surface area contributed by atoms with Crippen LogP contribution >= 0.6 is 23.1 Å². The average molecular weight is 410 g/mol. The van der Waals surface area contributed by atoms with Crippen LogP contribution < -0.4 is 10.2 Å². The second-order valence-electron chi connectivity index (χ2n) is 8.20. The van der Waals surface area contributed by atoms with Crippen LogP contribution in [0.5, 0.6) is 0 Å². The fraction of sp³-hybridized carbons (Fsp3) is 0.700. The quantitative estimate of drug-likeness (QED) is 0.378. The number of hydrogen-bond donors (Lipinski definition) is 2. The Kier molecular flexibility index (Phi) is 7.00. The van der Waals surface area contributed by atoms with E-state index in [2.05, 4.69) is 40.2 Å². The van der Waals surface area contributed by atoms with Crippen LogP contribution in [0.15, 0.2) is 5.16 Å². The van der Waals surface area contributed by atoms with Crippen LogP contribution in [0.3, 0.4) is 0 Å². The third-order valence-corrected chi connectivity index (χ3v) is 6.82. The van der Waals surface area contributed by atoms with Crippen molar-refractivity contribution in [2.75, 3.05) is 38.3 Å². The predicted octanol–water partition coefficient (Wildman–Crippen LogP) is 3.38. The van der Waals surface area contributed by atoms with Crippen molar-refractivity contribution in [2.24, 2.45) is 0 Å². The van der Waals surface area contributed by atoms with Gasteiger partial charge in [0.05, 0.1) is 38.2 Å². The molecule has 0 amide bonds. The molecule has 0 bridgehead atoms. The van der Waals surface area contributed by atoms with Crippen molar-refractivity contribution >= 4 is 39.1 Å². The van der Waals surface area contributed by atoms with Crippen molar-refractivity contribution in [3.8, 4) is 0 Å². The largest absolute Gasteiger partial charge is 0.370 e. The number of thioether (sulfide) groups is 1. The molecule has 0 aliphatic carbocycles. The minimum atomic E-state index is -0.124. The van der Waals surface area contributed by atoms with Crippen LogP contribution in [0.25, 0.3) is 10.2 Å². The number of nitrogens with zero attached hydrogens (tertiary/aromatic N) is 2. The van der Waals surface area contributed by atoms with Crippen molar-refractivity contribution in [3.63, 3.8) is 0 Å². The number of anilines is 1. The second kappa shape index (κ2) is 9.07. The molecule has 0 saturated heterocycles. The molecule has 0 atom stereocenters. The topological polar surface area (TPSA) is 51.5 Å². The summed E-state index contributed by atoms with van der Waals surface area (Å²) in [7, 11) is 4.39. The lowest BCUT2D eigenvalue weighted by molar-refractivity contribution is -0.858. The van der Waals surface area contributed by atoms with Gasteiger partial charge in [0.15, 0.2) is 5.16 Å². The van der Waals surface area contributed by atoms with Crippen LogP contribution in [-0.2, 0) is 17.8 Å². The first kappa shape index (κ1) is 20.8. The Morgan fingerprint density at radius 2 is 2.07 bits per heavy atom. The summed E-state index contributed by atoms with van der Waals surface area (Å²) in [5.74, 6) is 2.09. The highest BCUT2D eigenvalue weighted by atomic mass is 32.2. The first-order chi connectivity index (χ1) is 12.9. The van der Waals surface area contributed by atoms with Gasteiger partial charge in [-0.1, -0.05) is 25.1 Å². The fourth-order valence-electron chi connectivity index (χ4n) is 3.27. The molecule has 2 aromatic rings. The molecule has 0 fully saturated rings. The Morgan fingerprint density at radius 1 is 1.26 bits per heavy atom. The summed E-state index contributed by atoms with van der Waals surface area (Å²) < 4.78 is 6.03. The number of rotatable bonds is 9. The molecule has 27 heavy (non-hydrogen) atoms. The summed E-state index contributed by atoms with van der Waals surface area (Å²) in [5.41, 5.74) is 1.26. The first-order valence-corrected chi connectivity index (χ1v) is 11.8. The van der Waals surface area contributed by atoms with Crippen molar-refractivity contribution < 1.29 is 9.64 Å². The maximum Gasteiger partial charge on any atom is 0.190 e. The number of fused-ring (bicyclic) bond motifs is 3. The van der Waals surface area contributed by atoms with E-state index < -0.39 is 0 Å². The molecule has 5 nitrogen and oxygen atoms in total. The normalized spacial score (nSPS) is 16.1. The molecule has 0 spiro atoms. The lowest BCUT2D eigenvalue weighted by Crippen LogP contribution is -3.05. The highest BCUT2D eigenvalue weighted by Gasteiger charge is 2.31. The van der Waals surface area contributed by atoms with E-state index in [-0.39, 0.29) is 5.60 Å². The molecule has 150 valence electrons. The van der Waals surface area contributed by atoms with E-state index >= 15 is 0 Å². The van der Waals surface area contributed by atoms with Gasteiger partial charge in [0.25, 0.3) is 0 Å². The fourth-order valence-corrected chi connectivity index (χ4v) is 5.36. The molecular formula is C20H33N4OS2+. The minimum Gasteiger partial charge on any atom is -0.370 e. The maximum absolute atomic E-state index is 6.03. The van der Waals surface area contributed by atoms with Crippen LogP contribution in [0, 0.1) is 0 Å². The zero-order chi connectivity index (χ0) is 19.4. The van der Waals surface area contributed by atoms with E-state index in [0.717, 1.165) is 47.5 Å². The smallest absolute Gasteiger partial charge is 0.190 e. The Hall–Kier alpha value is -0.890.